The highest BCUT2D eigenvalue weighted by atomic mass is 16.9. The average molecular weight is 163 g/mol. The van der Waals surface area contributed by atoms with Crippen molar-refractivity contribution in [1.29, 1.82) is 0 Å². The van der Waals surface area contributed by atoms with E-state index >= 15 is 0 Å². The van der Waals surface area contributed by atoms with E-state index in [0.717, 1.165) is 0 Å². The van der Waals surface area contributed by atoms with Gasteiger partial charge in [-0.3, -0.25) is 0 Å². The summed E-state index contributed by atoms with van der Waals surface area (Å²) in [6.45, 7) is 0. The van der Waals surface area contributed by atoms with E-state index in [1.165, 1.54) is 32.1 Å². The summed E-state index contributed by atoms with van der Waals surface area (Å²) in [7, 11) is 0. The van der Waals surface area contributed by atoms with Gasteiger partial charge in [0, 0.05) is 6.04 Å². The Morgan fingerprint density at radius 1 is 1.18 bits per heavy atom. The topological polar surface area (TPSA) is 86.6 Å². The summed E-state index contributed by atoms with van der Waals surface area (Å²) in [4.78, 5) is 8.47. The Morgan fingerprint density at radius 3 is 1.73 bits per heavy atom. The minimum Gasteiger partial charge on any atom is -0.328 e. The van der Waals surface area contributed by atoms with Gasteiger partial charge in [-0.15, -0.1) is 0 Å². The number of nitrogens with zero attached hydrogens (tertiary/aromatic N) is 1. The van der Waals surface area contributed by atoms with E-state index in [4.69, 9.17) is 21.1 Å². The van der Waals surface area contributed by atoms with Gasteiger partial charge in [0.2, 0.25) is 0 Å². The van der Waals surface area contributed by atoms with Crippen LogP contribution in [0.2, 0.25) is 0 Å². The molecule has 0 unspecified atom stereocenters. The summed E-state index contributed by atoms with van der Waals surface area (Å²) >= 11 is 0. The number of hydrogen-bond donors (Lipinski definition) is 3. The Hall–Kier alpha value is -0.840. The fourth-order valence-corrected chi connectivity index (χ4v) is 1.13. The molecule has 0 aromatic rings. The molecular weight excluding hydrogens is 148 g/mol. The summed E-state index contributed by atoms with van der Waals surface area (Å²) in [5.41, 5.74) is 5.63. The first-order valence-electron chi connectivity index (χ1n) is 3.73. The van der Waals surface area contributed by atoms with Crippen LogP contribution in [0.5, 0.6) is 0 Å². The van der Waals surface area contributed by atoms with Crippen LogP contribution in [0.3, 0.4) is 0 Å². The van der Waals surface area contributed by atoms with Crippen LogP contribution < -0.4 is 5.73 Å². The molecule has 0 heterocycles. The van der Waals surface area contributed by atoms with Crippen molar-refractivity contribution in [2.75, 3.05) is 0 Å². The molecule has 0 aromatic heterocycles. The quantitative estimate of drug-likeness (QED) is 0.461. The van der Waals surface area contributed by atoms with Crippen LogP contribution in [0, 0.1) is 4.91 Å². The maximum Gasteiger partial charge on any atom is 0.472 e. The van der Waals surface area contributed by atoms with Crippen LogP contribution >= 0.6 is 0 Å². The molecule has 0 aliphatic heterocycles. The lowest BCUT2D eigenvalue weighted by molar-refractivity contribution is -0.969. The van der Waals surface area contributed by atoms with E-state index in [1.807, 2.05) is 0 Å². The van der Waals surface area contributed by atoms with Crippen molar-refractivity contribution in [1.82, 2.24) is 0 Å². The maximum atomic E-state index is 8.47. The van der Waals surface area contributed by atoms with Crippen molar-refractivity contribution in [3.63, 3.8) is 0 Å². The fraction of sp³-hybridized carbons (Fsp3) is 1.00. The Morgan fingerprint density at radius 2 is 1.55 bits per heavy atom. The molecule has 0 atom stereocenters. The number of hydrogen-bond acceptors (Lipinski definition) is 2. The van der Waals surface area contributed by atoms with Crippen LogP contribution in [-0.4, -0.2) is 21.5 Å². The zero-order valence-electron chi connectivity index (χ0n) is 6.44. The van der Waals surface area contributed by atoms with Gasteiger partial charge in [0.1, 0.15) is 4.91 Å². The largest absolute Gasteiger partial charge is 0.472 e. The molecule has 66 valence electrons. The molecular formula is C6H15N2O3+. The van der Waals surface area contributed by atoms with Gasteiger partial charge in [0.25, 0.3) is 0 Å². The average Bonchev–Trinajstić information content (AvgIpc) is 1.87. The van der Waals surface area contributed by atoms with Gasteiger partial charge in [0.15, 0.2) is 0 Å². The first kappa shape index (κ1) is 10.2. The Labute approximate surface area is 65.3 Å². The lowest BCUT2D eigenvalue weighted by Crippen LogP contribution is -2.22. The lowest BCUT2D eigenvalue weighted by atomic mass is 9.97. The molecule has 1 aliphatic carbocycles. The third kappa shape index (κ3) is 9.16. The van der Waals surface area contributed by atoms with E-state index in [2.05, 4.69) is 0 Å². The highest BCUT2D eigenvalue weighted by molar-refractivity contribution is 4.66. The lowest BCUT2D eigenvalue weighted by Gasteiger charge is -2.15. The van der Waals surface area contributed by atoms with Crippen molar-refractivity contribution in [3.8, 4) is 0 Å². The van der Waals surface area contributed by atoms with Crippen LogP contribution in [-0.2, 0) is 0 Å². The van der Waals surface area contributed by atoms with Gasteiger partial charge in [0.05, 0.1) is 0 Å². The molecule has 5 nitrogen and oxygen atoms in total. The van der Waals surface area contributed by atoms with Crippen LogP contribution in [0.1, 0.15) is 32.1 Å². The van der Waals surface area contributed by atoms with E-state index in [9.17, 15) is 0 Å². The van der Waals surface area contributed by atoms with Crippen molar-refractivity contribution in [2.24, 2.45) is 5.73 Å². The molecule has 0 radical (unpaired) electrons. The first-order chi connectivity index (χ1) is 5.13. The van der Waals surface area contributed by atoms with Gasteiger partial charge in [-0.1, -0.05) is 19.3 Å². The predicted molar refractivity (Wildman–Crippen MR) is 38.3 cm³/mol. The minimum atomic E-state index is -1.25. The van der Waals surface area contributed by atoms with Gasteiger partial charge in [-0.05, 0) is 12.8 Å². The Kier molecular flexibility index (Phi) is 5.46. The molecule has 1 rings (SSSR count). The second-order valence-electron chi connectivity index (χ2n) is 2.65. The first-order valence-corrected chi connectivity index (χ1v) is 3.73. The molecule has 1 fully saturated rings. The third-order valence-electron chi connectivity index (χ3n) is 1.65. The van der Waals surface area contributed by atoms with Crippen LogP contribution in [0.4, 0.5) is 0 Å². The van der Waals surface area contributed by atoms with E-state index in [-0.39, 0.29) is 0 Å². The molecule has 1 aliphatic rings. The smallest absolute Gasteiger partial charge is 0.328 e. The number of nitrogens with two attached hydrogens (primary N) is 1. The van der Waals surface area contributed by atoms with Crippen molar-refractivity contribution < 1.29 is 15.5 Å². The SMILES string of the molecule is NC1CCCCC1.O=[N+](O)O. The highest BCUT2D eigenvalue weighted by Gasteiger charge is 2.06. The second kappa shape index (κ2) is 5.91. The van der Waals surface area contributed by atoms with Crippen molar-refractivity contribution in [2.45, 2.75) is 38.1 Å². The molecule has 5 heteroatoms. The standard InChI is InChI=1S/C6H13N.H2NO3/c7-6-4-2-1-3-5-6;2-1(3)4/h6H,1-5,7H2;(H2,2,3,4)/q;+1. The summed E-state index contributed by atoms with van der Waals surface area (Å²) in [5.74, 6) is 0. The minimum absolute atomic E-state index is 0.536. The molecule has 0 spiro atoms. The van der Waals surface area contributed by atoms with Crippen LogP contribution in [0.25, 0.3) is 0 Å². The van der Waals surface area contributed by atoms with Gasteiger partial charge in [-0.2, -0.15) is 0 Å². The van der Waals surface area contributed by atoms with E-state index in [1.54, 1.807) is 0 Å². The molecule has 1 saturated carbocycles. The van der Waals surface area contributed by atoms with Crippen LogP contribution in [0.15, 0.2) is 0 Å². The predicted octanol–water partition coefficient (Wildman–Crippen LogP) is 0.821. The monoisotopic (exact) mass is 163 g/mol. The summed E-state index contributed by atoms with van der Waals surface area (Å²) < 4.78 is 0. The van der Waals surface area contributed by atoms with Gasteiger partial charge in [-0.25, -0.2) is 10.4 Å². The van der Waals surface area contributed by atoms with Gasteiger partial charge < -0.3 is 5.73 Å². The summed E-state index contributed by atoms with van der Waals surface area (Å²) in [6.07, 6.45) is 6.66. The van der Waals surface area contributed by atoms with E-state index in [0.29, 0.717) is 6.04 Å². The molecule has 4 N–H and O–H groups in total. The summed E-state index contributed by atoms with van der Waals surface area (Å²) in [6, 6.07) is 0.536. The molecule has 0 aromatic carbocycles. The van der Waals surface area contributed by atoms with Crippen molar-refractivity contribution >= 4 is 0 Å². The normalized spacial score (nSPS) is 18.3. The maximum absolute atomic E-state index is 8.47. The van der Waals surface area contributed by atoms with E-state index < -0.39 is 5.09 Å². The van der Waals surface area contributed by atoms with Crippen molar-refractivity contribution in [3.05, 3.63) is 4.91 Å². The summed E-state index contributed by atoms with van der Waals surface area (Å²) in [5, 5.41) is 12.5. The Balaban J connectivity index is 0.000000218. The molecule has 0 saturated heterocycles. The third-order valence-corrected chi connectivity index (χ3v) is 1.65. The zero-order chi connectivity index (χ0) is 8.69. The zero-order valence-corrected chi connectivity index (χ0v) is 6.44. The number of rotatable bonds is 0. The highest BCUT2D eigenvalue weighted by Crippen LogP contribution is 2.14. The Bertz CT molecular complexity index is 108. The second-order valence-corrected chi connectivity index (χ2v) is 2.65. The molecule has 0 amide bonds. The fourth-order valence-electron chi connectivity index (χ4n) is 1.13. The van der Waals surface area contributed by atoms with Gasteiger partial charge >= 0.3 is 5.09 Å². The molecule has 11 heavy (non-hydrogen) atoms. The molecule has 0 bridgehead atoms.